The second-order valence-corrected chi connectivity index (χ2v) is 19.3. The van der Waals surface area contributed by atoms with Crippen molar-refractivity contribution in [2.75, 3.05) is 7.11 Å². The SMILES string of the molecule is C=C[C@H](OC)[C@@H](O[Si](C)(C)C(C)(C)C)[C@@H](C=O)O[Si](C)(C)C(C)(C)C. The second-order valence-electron chi connectivity index (χ2n) is 9.76. The van der Waals surface area contributed by atoms with Crippen molar-refractivity contribution in [2.24, 2.45) is 0 Å². The van der Waals surface area contributed by atoms with Gasteiger partial charge in [-0.05, 0) is 36.3 Å². The molecule has 6 heteroatoms. The van der Waals surface area contributed by atoms with Crippen molar-refractivity contribution in [3.8, 4) is 0 Å². The Balaban J connectivity index is 5.80. The predicted molar refractivity (Wildman–Crippen MR) is 111 cm³/mol. The zero-order chi connectivity index (χ0) is 20.3. The van der Waals surface area contributed by atoms with Crippen LogP contribution in [0.3, 0.4) is 0 Å². The third-order valence-electron chi connectivity index (χ3n) is 5.76. The lowest BCUT2D eigenvalue weighted by molar-refractivity contribution is -0.122. The monoisotopic (exact) mass is 388 g/mol. The van der Waals surface area contributed by atoms with Gasteiger partial charge in [-0.25, -0.2) is 0 Å². The molecular weight excluding hydrogens is 348 g/mol. The first-order chi connectivity index (χ1) is 11.0. The van der Waals surface area contributed by atoms with E-state index in [1.165, 1.54) is 0 Å². The van der Waals surface area contributed by atoms with Crippen LogP contribution >= 0.6 is 0 Å². The van der Waals surface area contributed by atoms with Crippen LogP contribution in [0.5, 0.6) is 0 Å². The Kier molecular flexibility index (Phi) is 8.51. The van der Waals surface area contributed by atoms with E-state index in [2.05, 4.69) is 74.3 Å². The molecule has 0 heterocycles. The summed E-state index contributed by atoms with van der Waals surface area (Å²) in [6.07, 6.45) is 1.01. The number of methoxy groups -OCH3 is 1. The average Bonchev–Trinajstić information content (AvgIpc) is 2.42. The maximum atomic E-state index is 12.0. The quantitative estimate of drug-likeness (QED) is 0.311. The molecule has 0 bridgehead atoms. The van der Waals surface area contributed by atoms with E-state index in [1.54, 1.807) is 13.2 Å². The van der Waals surface area contributed by atoms with Crippen LogP contribution in [0.2, 0.25) is 36.3 Å². The smallest absolute Gasteiger partial charge is 0.193 e. The number of hydrogen-bond acceptors (Lipinski definition) is 4. The van der Waals surface area contributed by atoms with E-state index in [1.807, 2.05) is 0 Å². The first-order valence-corrected chi connectivity index (χ1v) is 14.8. The largest absolute Gasteiger partial charge is 0.408 e. The minimum absolute atomic E-state index is 0.00648. The Morgan fingerprint density at radius 3 is 1.52 bits per heavy atom. The zero-order valence-electron chi connectivity index (χ0n) is 18.2. The van der Waals surface area contributed by atoms with Gasteiger partial charge in [0.1, 0.15) is 24.6 Å². The summed E-state index contributed by atoms with van der Waals surface area (Å²) in [5.74, 6) is 0. The third kappa shape index (κ3) is 6.43. The lowest BCUT2D eigenvalue weighted by Crippen LogP contribution is -2.55. The van der Waals surface area contributed by atoms with Gasteiger partial charge in [0.05, 0.1) is 0 Å². The molecule has 0 aromatic heterocycles. The molecule has 0 aliphatic rings. The topological polar surface area (TPSA) is 44.8 Å². The predicted octanol–water partition coefficient (Wildman–Crippen LogP) is 5.17. The molecule has 0 radical (unpaired) electrons. The summed E-state index contributed by atoms with van der Waals surface area (Å²) in [5.41, 5.74) is 0. The van der Waals surface area contributed by atoms with E-state index in [4.69, 9.17) is 13.6 Å². The van der Waals surface area contributed by atoms with E-state index in [-0.39, 0.29) is 10.1 Å². The van der Waals surface area contributed by atoms with E-state index in [0.29, 0.717) is 0 Å². The van der Waals surface area contributed by atoms with E-state index in [0.717, 1.165) is 6.29 Å². The van der Waals surface area contributed by atoms with Crippen molar-refractivity contribution in [3.63, 3.8) is 0 Å². The Labute approximate surface area is 157 Å². The zero-order valence-corrected chi connectivity index (χ0v) is 20.2. The molecule has 0 aromatic rings. The van der Waals surface area contributed by atoms with Crippen molar-refractivity contribution < 1.29 is 18.4 Å². The van der Waals surface area contributed by atoms with Gasteiger partial charge in [-0.1, -0.05) is 47.6 Å². The molecule has 0 rings (SSSR count). The van der Waals surface area contributed by atoms with E-state index < -0.39 is 34.9 Å². The minimum Gasteiger partial charge on any atom is -0.408 e. The van der Waals surface area contributed by atoms with Gasteiger partial charge >= 0.3 is 0 Å². The fraction of sp³-hybridized carbons (Fsp3) is 0.842. The molecule has 0 unspecified atom stereocenters. The van der Waals surface area contributed by atoms with Gasteiger partial charge in [-0.3, -0.25) is 0 Å². The first kappa shape index (κ1) is 24.7. The van der Waals surface area contributed by atoms with Gasteiger partial charge in [0.25, 0.3) is 0 Å². The van der Waals surface area contributed by atoms with Crippen LogP contribution in [0.15, 0.2) is 12.7 Å². The molecule has 0 aliphatic heterocycles. The lowest BCUT2D eigenvalue weighted by atomic mass is 10.1. The van der Waals surface area contributed by atoms with Crippen LogP contribution in [0.25, 0.3) is 0 Å². The molecule has 25 heavy (non-hydrogen) atoms. The van der Waals surface area contributed by atoms with Gasteiger partial charge in [0.15, 0.2) is 16.6 Å². The standard InChI is InChI=1S/C19H40O4Si2/c1-13-15(21-8)17(23-25(11,12)19(5,6)7)16(14-20)22-24(9,10)18(2,3)4/h13-17H,1H2,2-12H3/t15-,16+,17+/m0/s1. The molecule has 0 N–H and O–H groups in total. The fourth-order valence-corrected chi connectivity index (χ4v) is 4.42. The van der Waals surface area contributed by atoms with Crippen LogP contribution in [0.1, 0.15) is 41.5 Å². The minimum atomic E-state index is -2.13. The Morgan fingerprint density at radius 1 is 0.840 bits per heavy atom. The first-order valence-electron chi connectivity index (χ1n) is 9.00. The summed E-state index contributed by atoms with van der Waals surface area (Å²) in [7, 11) is -2.63. The highest BCUT2D eigenvalue weighted by molar-refractivity contribution is 6.74. The van der Waals surface area contributed by atoms with Crippen molar-refractivity contribution in [3.05, 3.63) is 12.7 Å². The molecule has 0 aromatic carbocycles. The summed E-state index contributed by atoms with van der Waals surface area (Å²) < 4.78 is 18.5. The molecule has 148 valence electrons. The Morgan fingerprint density at radius 2 is 1.24 bits per heavy atom. The van der Waals surface area contributed by atoms with Crippen LogP contribution in [0.4, 0.5) is 0 Å². The third-order valence-corrected chi connectivity index (χ3v) is 14.7. The number of carbonyl (C=O) groups is 1. The Bertz CT molecular complexity index is 447. The highest BCUT2D eigenvalue weighted by Gasteiger charge is 2.46. The van der Waals surface area contributed by atoms with Crippen LogP contribution in [-0.4, -0.2) is 48.3 Å². The molecule has 0 spiro atoms. The highest BCUT2D eigenvalue weighted by atomic mass is 28.4. The second kappa shape index (κ2) is 8.61. The van der Waals surface area contributed by atoms with E-state index >= 15 is 0 Å². The van der Waals surface area contributed by atoms with Gasteiger partial charge in [-0.15, -0.1) is 6.58 Å². The number of aldehydes is 1. The molecule has 0 saturated heterocycles. The van der Waals surface area contributed by atoms with Gasteiger partial charge in [-0.2, -0.15) is 0 Å². The number of rotatable bonds is 9. The van der Waals surface area contributed by atoms with Gasteiger partial charge in [0.2, 0.25) is 0 Å². The summed E-state index contributed by atoms with van der Waals surface area (Å²) in [6, 6.07) is 0. The molecular formula is C19H40O4Si2. The lowest BCUT2D eigenvalue weighted by Gasteiger charge is -2.45. The maximum absolute atomic E-state index is 12.0. The molecule has 0 saturated carbocycles. The maximum Gasteiger partial charge on any atom is 0.193 e. The summed E-state index contributed by atoms with van der Waals surface area (Å²) in [4.78, 5) is 12.0. The molecule has 0 amide bonds. The Hall–Kier alpha value is -0.276. The van der Waals surface area contributed by atoms with Gasteiger partial charge < -0.3 is 18.4 Å². The summed E-state index contributed by atoms with van der Waals surface area (Å²) in [5, 5.41) is 0.0294. The van der Waals surface area contributed by atoms with Crippen molar-refractivity contribution >= 4 is 22.9 Å². The van der Waals surface area contributed by atoms with Crippen LogP contribution in [-0.2, 0) is 18.4 Å². The van der Waals surface area contributed by atoms with Crippen LogP contribution < -0.4 is 0 Å². The molecule has 0 aliphatic carbocycles. The normalized spacial score (nSPS) is 17.7. The molecule has 3 atom stereocenters. The van der Waals surface area contributed by atoms with Crippen molar-refractivity contribution in [2.45, 2.75) is 96.1 Å². The van der Waals surface area contributed by atoms with E-state index in [9.17, 15) is 4.79 Å². The van der Waals surface area contributed by atoms with Crippen LogP contribution in [0, 0.1) is 0 Å². The van der Waals surface area contributed by atoms with Gasteiger partial charge in [0, 0.05) is 7.11 Å². The molecule has 0 fully saturated rings. The summed E-state index contributed by atoms with van der Waals surface area (Å²) in [6.45, 7) is 25.5. The number of hydrogen-bond donors (Lipinski definition) is 0. The summed E-state index contributed by atoms with van der Waals surface area (Å²) >= 11 is 0. The number of carbonyl (C=O) groups excluding carboxylic acids is 1. The average molecular weight is 389 g/mol. The van der Waals surface area contributed by atoms with Crippen molar-refractivity contribution in [1.29, 1.82) is 0 Å². The highest BCUT2D eigenvalue weighted by Crippen LogP contribution is 2.40. The fourth-order valence-electron chi connectivity index (χ4n) is 1.89. The molecule has 4 nitrogen and oxygen atoms in total. The number of ether oxygens (including phenoxy) is 1. The van der Waals surface area contributed by atoms with Crippen molar-refractivity contribution in [1.82, 2.24) is 0 Å².